The SMILES string of the molecule is Cc1cc(C)n(CC(=O)N2CCOC(c3ncc(C)[nH]3)C2)n1. The smallest absolute Gasteiger partial charge is 0.244 e. The predicted octanol–water partition coefficient (Wildman–Crippen LogP) is 1.13. The van der Waals surface area contributed by atoms with E-state index < -0.39 is 0 Å². The number of carbonyl (C=O) groups is 1. The molecule has 3 rings (SSSR count). The Hall–Kier alpha value is -2.15. The molecule has 1 saturated heterocycles. The van der Waals surface area contributed by atoms with Gasteiger partial charge in [-0.05, 0) is 26.8 Å². The van der Waals surface area contributed by atoms with E-state index in [2.05, 4.69) is 15.1 Å². The fraction of sp³-hybridized carbons (Fsp3) is 0.533. The summed E-state index contributed by atoms with van der Waals surface area (Å²) < 4.78 is 7.47. The van der Waals surface area contributed by atoms with Gasteiger partial charge in [0.1, 0.15) is 18.5 Å². The molecule has 1 aliphatic heterocycles. The molecular weight excluding hydrogens is 282 g/mol. The van der Waals surface area contributed by atoms with Crippen molar-refractivity contribution < 1.29 is 9.53 Å². The van der Waals surface area contributed by atoms with Crippen LogP contribution in [0.5, 0.6) is 0 Å². The van der Waals surface area contributed by atoms with E-state index in [1.165, 1.54) is 0 Å². The number of H-pyrrole nitrogens is 1. The van der Waals surface area contributed by atoms with Gasteiger partial charge in [0.05, 0.1) is 18.8 Å². The number of imidazole rings is 1. The predicted molar refractivity (Wildman–Crippen MR) is 80.3 cm³/mol. The van der Waals surface area contributed by atoms with Crippen LogP contribution in [0.15, 0.2) is 12.3 Å². The van der Waals surface area contributed by atoms with Crippen LogP contribution >= 0.6 is 0 Å². The molecule has 7 heteroatoms. The molecule has 0 bridgehead atoms. The van der Waals surface area contributed by atoms with Crippen molar-refractivity contribution in [1.29, 1.82) is 0 Å². The van der Waals surface area contributed by atoms with Crippen LogP contribution < -0.4 is 0 Å². The van der Waals surface area contributed by atoms with E-state index in [1.54, 1.807) is 10.9 Å². The average Bonchev–Trinajstić information content (AvgIpc) is 3.05. The van der Waals surface area contributed by atoms with Gasteiger partial charge in [0, 0.05) is 24.1 Å². The zero-order chi connectivity index (χ0) is 15.7. The van der Waals surface area contributed by atoms with Crippen molar-refractivity contribution >= 4 is 5.91 Å². The van der Waals surface area contributed by atoms with E-state index in [4.69, 9.17) is 4.74 Å². The monoisotopic (exact) mass is 303 g/mol. The molecule has 1 unspecified atom stereocenters. The number of aromatic amines is 1. The van der Waals surface area contributed by atoms with Gasteiger partial charge in [-0.15, -0.1) is 0 Å². The quantitative estimate of drug-likeness (QED) is 0.922. The van der Waals surface area contributed by atoms with Crippen LogP contribution in [-0.4, -0.2) is 50.3 Å². The summed E-state index contributed by atoms with van der Waals surface area (Å²) in [5, 5.41) is 4.34. The fourth-order valence-electron chi connectivity index (χ4n) is 2.70. The van der Waals surface area contributed by atoms with Crippen LogP contribution in [0.2, 0.25) is 0 Å². The lowest BCUT2D eigenvalue weighted by Gasteiger charge is -2.32. The minimum Gasteiger partial charge on any atom is -0.367 e. The Balaban J connectivity index is 1.66. The number of hydrogen-bond donors (Lipinski definition) is 1. The van der Waals surface area contributed by atoms with Gasteiger partial charge >= 0.3 is 0 Å². The number of carbonyl (C=O) groups excluding carboxylic acids is 1. The molecule has 118 valence electrons. The Labute approximate surface area is 129 Å². The first-order valence-corrected chi connectivity index (χ1v) is 7.45. The van der Waals surface area contributed by atoms with Crippen LogP contribution in [0, 0.1) is 20.8 Å². The number of hydrogen-bond acceptors (Lipinski definition) is 4. The minimum absolute atomic E-state index is 0.0581. The van der Waals surface area contributed by atoms with Crippen LogP contribution in [-0.2, 0) is 16.1 Å². The molecule has 1 atom stereocenters. The highest BCUT2D eigenvalue weighted by Gasteiger charge is 2.27. The molecule has 0 aromatic carbocycles. The largest absolute Gasteiger partial charge is 0.367 e. The van der Waals surface area contributed by atoms with Crippen molar-refractivity contribution in [2.75, 3.05) is 19.7 Å². The van der Waals surface area contributed by atoms with Gasteiger partial charge in [-0.3, -0.25) is 9.48 Å². The number of nitrogens with one attached hydrogen (secondary N) is 1. The van der Waals surface area contributed by atoms with Crippen LogP contribution in [0.1, 0.15) is 29.0 Å². The van der Waals surface area contributed by atoms with Gasteiger partial charge in [-0.1, -0.05) is 0 Å². The summed E-state index contributed by atoms with van der Waals surface area (Å²) >= 11 is 0. The van der Waals surface area contributed by atoms with Crippen LogP contribution in [0.25, 0.3) is 0 Å². The zero-order valence-electron chi connectivity index (χ0n) is 13.2. The lowest BCUT2D eigenvalue weighted by Crippen LogP contribution is -2.44. The Morgan fingerprint density at radius 2 is 2.27 bits per heavy atom. The second-order valence-corrected chi connectivity index (χ2v) is 5.74. The maximum atomic E-state index is 12.5. The van der Waals surface area contributed by atoms with Gasteiger partial charge < -0.3 is 14.6 Å². The third-order valence-electron chi connectivity index (χ3n) is 3.84. The van der Waals surface area contributed by atoms with Gasteiger partial charge in [-0.25, -0.2) is 4.98 Å². The summed E-state index contributed by atoms with van der Waals surface area (Å²) in [4.78, 5) is 21.8. The third-order valence-corrected chi connectivity index (χ3v) is 3.84. The van der Waals surface area contributed by atoms with E-state index in [0.717, 1.165) is 22.9 Å². The molecule has 1 amide bonds. The molecule has 0 spiro atoms. The molecular formula is C15H21N5O2. The Morgan fingerprint density at radius 3 is 2.91 bits per heavy atom. The summed E-state index contributed by atoms with van der Waals surface area (Å²) in [6.45, 7) is 7.75. The van der Waals surface area contributed by atoms with E-state index in [0.29, 0.717) is 19.7 Å². The molecule has 22 heavy (non-hydrogen) atoms. The number of ether oxygens (including phenoxy) is 1. The number of aromatic nitrogens is 4. The van der Waals surface area contributed by atoms with E-state index in [9.17, 15) is 4.79 Å². The Bertz CT molecular complexity index is 675. The number of nitrogens with zero attached hydrogens (tertiary/aromatic N) is 4. The first kappa shape index (κ1) is 14.8. The average molecular weight is 303 g/mol. The maximum Gasteiger partial charge on any atom is 0.244 e. The molecule has 1 aliphatic rings. The van der Waals surface area contributed by atoms with E-state index >= 15 is 0 Å². The highest BCUT2D eigenvalue weighted by atomic mass is 16.5. The van der Waals surface area contributed by atoms with Crippen molar-refractivity contribution in [3.63, 3.8) is 0 Å². The maximum absolute atomic E-state index is 12.5. The van der Waals surface area contributed by atoms with E-state index in [1.807, 2.05) is 31.7 Å². The van der Waals surface area contributed by atoms with Crippen LogP contribution in [0.4, 0.5) is 0 Å². The molecule has 0 radical (unpaired) electrons. The van der Waals surface area contributed by atoms with E-state index in [-0.39, 0.29) is 18.6 Å². The molecule has 3 heterocycles. The zero-order valence-corrected chi connectivity index (χ0v) is 13.2. The van der Waals surface area contributed by atoms with Crippen LogP contribution in [0.3, 0.4) is 0 Å². The first-order valence-electron chi connectivity index (χ1n) is 7.45. The highest BCUT2D eigenvalue weighted by Crippen LogP contribution is 2.20. The Kier molecular flexibility index (Phi) is 3.98. The topological polar surface area (TPSA) is 76.0 Å². The standard InChI is InChI=1S/C15H21N5O2/c1-10-6-12(3)20(18-10)9-14(21)19-4-5-22-13(8-19)15-16-7-11(2)17-15/h6-7,13H,4-5,8-9H2,1-3H3,(H,16,17). The number of rotatable bonds is 3. The van der Waals surface area contributed by atoms with Gasteiger partial charge in [-0.2, -0.15) is 5.10 Å². The minimum atomic E-state index is -0.188. The van der Waals surface area contributed by atoms with Crippen molar-refractivity contribution in [3.05, 3.63) is 35.2 Å². The molecule has 7 nitrogen and oxygen atoms in total. The summed E-state index contributed by atoms with van der Waals surface area (Å²) in [5.74, 6) is 0.837. The lowest BCUT2D eigenvalue weighted by atomic mass is 10.2. The molecule has 0 saturated carbocycles. The molecule has 2 aromatic heterocycles. The van der Waals surface area contributed by atoms with Crippen molar-refractivity contribution in [2.24, 2.45) is 0 Å². The first-order chi connectivity index (χ1) is 10.5. The second-order valence-electron chi connectivity index (χ2n) is 5.74. The van der Waals surface area contributed by atoms with Gasteiger partial charge in [0.15, 0.2) is 0 Å². The number of morpholine rings is 1. The third kappa shape index (κ3) is 3.04. The Morgan fingerprint density at radius 1 is 1.45 bits per heavy atom. The number of aryl methyl sites for hydroxylation is 3. The molecule has 2 aromatic rings. The van der Waals surface area contributed by atoms with Crippen molar-refractivity contribution in [3.8, 4) is 0 Å². The normalized spacial score (nSPS) is 18.7. The van der Waals surface area contributed by atoms with Gasteiger partial charge in [0.2, 0.25) is 5.91 Å². The summed E-state index contributed by atoms with van der Waals surface area (Å²) in [6, 6.07) is 1.97. The van der Waals surface area contributed by atoms with Crippen molar-refractivity contribution in [2.45, 2.75) is 33.4 Å². The number of amides is 1. The molecule has 1 fully saturated rings. The van der Waals surface area contributed by atoms with Crippen molar-refractivity contribution in [1.82, 2.24) is 24.6 Å². The van der Waals surface area contributed by atoms with Gasteiger partial charge in [0.25, 0.3) is 0 Å². The summed E-state index contributed by atoms with van der Waals surface area (Å²) in [6.07, 6.45) is 1.59. The summed E-state index contributed by atoms with van der Waals surface area (Å²) in [7, 11) is 0. The fourth-order valence-corrected chi connectivity index (χ4v) is 2.70. The second kappa shape index (κ2) is 5.92. The summed E-state index contributed by atoms with van der Waals surface area (Å²) in [5.41, 5.74) is 2.92. The lowest BCUT2D eigenvalue weighted by molar-refractivity contribution is -0.140. The highest BCUT2D eigenvalue weighted by molar-refractivity contribution is 5.76. The molecule has 0 aliphatic carbocycles. The molecule has 1 N–H and O–H groups in total.